The molecule has 31 heavy (non-hydrogen) atoms. The summed E-state index contributed by atoms with van der Waals surface area (Å²) in [5, 5.41) is 20.3. The number of benzene rings is 2. The number of nitrogens with one attached hydrogen (secondary N) is 1. The molecule has 0 unspecified atom stereocenters. The van der Waals surface area contributed by atoms with Crippen molar-refractivity contribution in [2.24, 2.45) is 10.6 Å². The highest BCUT2D eigenvalue weighted by atomic mass is 32.2. The normalized spacial score (nSPS) is 12.0. The number of hydrogen-bond donors (Lipinski definition) is 2. The predicted molar refractivity (Wildman–Crippen MR) is 119 cm³/mol. The quantitative estimate of drug-likeness (QED) is 0.381. The zero-order chi connectivity index (χ0) is 22.6. The molecule has 0 bridgehead atoms. The van der Waals surface area contributed by atoms with Gasteiger partial charge in [-0.1, -0.05) is 44.2 Å². The third-order valence-corrected chi connectivity index (χ3v) is 5.79. The Morgan fingerprint density at radius 3 is 2.55 bits per heavy atom. The third-order valence-electron chi connectivity index (χ3n) is 4.60. The molecule has 3 N–H and O–H groups in total. The molecule has 9 nitrogen and oxygen atoms in total. The molecule has 0 saturated carbocycles. The molecule has 2 aromatic carbocycles. The Labute approximate surface area is 180 Å². The van der Waals surface area contributed by atoms with Crippen molar-refractivity contribution in [3.05, 3.63) is 70.4 Å². The largest absolute Gasteiger partial charge is 0.489 e. The molecular weight excluding hydrogens is 420 g/mol. The Morgan fingerprint density at radius 1 is 1.19 bits per heavy atom. The highest BCUT2D eigenvalue weighted by Gasteiger charge is 2.26. The Kier molecular flexibility index (Phi) is 6.42. The van der Waals surface area contributed by atoms with Crippen molar-refractivity contribution in [1.82, 2.24) is 4.98 Å². The maximum atomic E-state index is 11.5. The maximum absolute atomic E-state index is 11.5. The van der Waals surface area contributed by atoms with Crippen LogP contribution in [-0.4, -0.2) is 30.6 Å². The Balaban J connectivity index is 1.88. The van der Waals surface area contributed by atoms with Gasteiger partial charge in [-0.3, -0.25) is 10.1 Å². The van der Waals surface area contributed by atoms with E-state index in [0.717, 1.165) is 5.56 Å². The molecule has 0 atom stereocenters. The van der Waals surface area contributed by atoms with E-state index in [2.05, 4.69) is 10.3 Å². The van der Waals surface area contributed by atoms with Crippen molar-refractivity contribution in [2.45, 2.75) is 20.5 Å². The van der Waals surface area contributed by atoms with Gasteiger partial charge in [0, 0.05) is 18.0 Å². The van der Waals surface area contributed by atoms with Gasteiger partial charge in [0.05, 0.1) is 16.2 Å². The number of nitrogens with zero attached hydrogens (tertiary/aromatic N) is 2. The van der Waals surface area contributed by atoms with Crippen LogP contribution < -0.4 is 15.2 Å². The van der Waals surface area contributed by atoms with Gasteiger partial charge in [-0.2, -0.15) is 0 Å². The van der Waals surface area contributed by atoms with Crippen LogP contribution in [0.3, 0.4) is 0 Å². The van der Waals surface area contributed by atoms with E-state index in [9.17, 15) is 18.5 Å². The lowest BCUT2D eigenvalue weighted by molar-refractivity contribution is -0.384. The number of fused-ring (bicyclic) bond motifs is 1. The first-order valence-corrected chi connectivity index (χ1v) is 11.2. The molecule has 0 spiro atoms. The number of nitro groups is 1. The topological polar surface area (TPSA) is 137 Å². The highest BCUT2D eigenvalue weighted by molar-refractivity contribution is 7.89. The molecule has 0 aliphatic rings. The van der Waals surface area contributed by atoms with Crippen molar-refractivity contribution in [2.75, 3.05) is 17.6 Å². The summed E-state index contributed by atoms with van der Waals surface area (Å²) in [4.78, 5) is 15.2. The van der Waals surface area contributed by atoms with Crippen molar-refractivity contribution in [1.29, 1.82) is 0 Å². The van der Waals surface area contributed by atoms with E-state index < -0.39 is 20.4 Å². The van der Waals surface area contributed by atoms with Crippen LogP contribution >= 0.6 is 0 Å². The number of aromatic nitrogens is 1. The Bertz CT molecular complexity index is 1200. The fourth-order valence-corrected chi connectivity index (χ4v) is 4.43. The minimum Gasteiger partial charge on any atom is -0.489 e. The lowest BCUT2D eigenvalue weighted by atomic mass is 9.96. The summed E-state index contributed by atoms with van der Waals surface area (Å²) in [6, 6.07) is 14.8. The molecule has 0 aliphatic carbocycles. The van der Waals surface area contributed by atoms with E-state index in [4.69, 9.17) is 9.88 Å². The van der Waals surface area contributed by atoms with E-state index in [1.165, 1.54) is 6.20 Å². The number of hydrogen-bond acceptors (Lipinski definition) is 7. The SMILES string of the molecule is CC(C)(CNc1c([N+](=O)[O-])cnc2cc(OCc3ccccc3)ccc12)CS(N)(=O)=O. The minimum absolute atomic E-state index is 0.162. The highest BCUT2D eigenvalue weighted by Crippen LogP contribution is 2.34. The van der Waals surface area contributed by atoms with E-state index in [-0.39, 0.29) is 23.7 Å². The van der Waals surface area contributed by atoms with Crippen LogP contribution in [0.15, 0.2) is 54.7 Å². The molecule has 10 heteroatoms. The van der Waals surface area contributed by atoms with Gasteiger partial charge in [-0.05, 0) is 23.1 Å². The summed E-state index contributed by atoms with van der Waals surface area (Å²) < 4.78 is 28.7. The summed E-state index contributed by atoms with van der Waals surface area (Å²) in [6.45, 7) is 3.98. The average Bonchev–Trinajstić information content (AvgIpc) is 2.69. The van der Waals surface area contributed by atoms with Crippen molar-refractivity contribution in [3.63, 3.8) is 0 Å². The van der Waals surface area contributed by atoms with Crippen LogP contribution in [0.4, 0.5) is 11.4 Å². The van der Waals surface area contributed by atoms with E-state index in [0.29, 0.717) is 23.3 Å². The van der Waals surface area contributed by atoms with Crippen LogP contribution in [-0.2, 0) is 16.6 Å². The molecule has 3 rings (SSSR count). The van der Waals surface area contributed by atoms with Gasteiger partial charge in [0.25, 0.3) is 0 Å². The monoisotopic (exact) mass is 444 g/mol. The second-order valence-corrected chi connectivity index (χ2v) is 9.67. The van der Waals surface area contributed by atoms with Crippen molar-refractivity contribution >= 4 is 32.3 Å². The molecular formula is C21H24N4O5S. The van der Waals surface area contributed by atoms with Crippen LogP contribution in [0.2, 0.25) is 0 Å². The number of ether oxygens (including phenoxy) is 1. The Hall–Kier alpha value is -3.24. The number of anilines is 1. The average molecular weight is 445 g/mol. The summed E-state index contributed by atoms with van der Waals surface area (Å²) in [7, 11) is -3.69. The zero-order valence-electron chi connectivity index (χ0n) is 17.2. The lowest BCUT2D eigenvalue weighted by Crippen LogP contribution is -2.34. The zero-order valence-corrected chi connectivity index (χ0v) is 18.1. The summed E-state index contributed by atoms with van der Waals surface area (Å²) in [6.07, 6.45) is 1.18. The number of pyridine rings is 1. The fourth-order valence-electron chi connectivity index (χ4n) is 3.24. The number of nitrogens with two attached hydrogens (primary N) is 1. The van der Waals surface area contributed by atoms with E-state index in [1.807, 2.05) is 30.3 Å². The lowest BCUT2D eigenvalue weighted by Gasteiger charge is -2.24. The van der Waals surface area contributed by atoms with Gasteiger partial charge >= 0.3 is 5.69 Å². The fraction of sp³-hybridized carbons (Fsp3) is 0.286. The van der Waals surface area contributed by atoms with Crippen LogP contribution in [0.5, 0.6) is 5.75 Å². The molecule has 0 fully saturated rings. The molecule has 1 aromatic heterocycles. The Morgan fingerprint density at radius 2 is 1.90 bits per heavy atom. The number of rotatable bonds is 9. The van der Waals surface area contributed by atoms with Gasteiger partial charge in [0.2, 0.25) is 10.0 Å². The molecule has 3 aromatic rings. The first-order valence-electron chi connectivity index (χ1n) is 9.52. The van der Waals surface area contributed by atoms with Gasteiger partial charge in [0.15, 0.2) is 0 Å². The van der Waals surface area contributed by atoms with Crippen LogP contribution in [0.1, 0.15) is 19.4 Å². The molecule has 0 radical (unpaired) electrons. The first-order chi connectivity index (χ1) is 14.5. The predicted octanol–water partition coefficient (Wildman–Crippen LogP) is 3.45. The molecule has 164 valence electrons. The summed E-state index contributed by atoms with van der Waals surface area (Å²) >= 11 is 0. The first kappa shape index (κ1) is 22.4. The molecule has 0 amide bonds. The maximum Gasteiger partial charge on any atom is 0.311 e. The third kappa shape index (κ3) is 6.12. The smallest absolute Gasteiger partial charge is 0.311 e. The number of primary sulfonamides is 1. The van der Waals surface area contributed by atoms with Crippen molar-refractivity contribution in [3.8, 4) is 5.75 Å². The summed E-state index contributed by atoms with van der Waals surface area (Å²) in [5.74, 6) is 0.319. The van der Waals surface area contributed by atoms with E-state index in [1.54, 1.807) is 32.0 Å². The minimum atomic E-state index is -3.69. The second-order valence-electron chi connectivity index (χ2n) is 8.05. The van der Waals surface area contributed by atoms with Gasteiger partial charge in [-0.15, -0.1) is 0 Å². The number of sulfonamides is 1. The van der Waals surface area contributed by atoms with Crippen LogP contribution in [0.25, 0.3) is 10.9 Å². The van der Waals surface area contributed by atoms with Gasteiger partial charge in [-0.25, -0.2) is 18.5 Å². The van der Waals surface area contributed by atoms with Crippen LogP contribution in [0, 0.1) is 15.5 Å². The molecule has 1 heterocycles. The second kappa shape index (κ2) is 8.86. The van der Waals surface area contributed by atoms with Gasteiger partial charge < -0.3 is 10.1 Å². The van der Waals surface area contributed by atoms with E-state index >= 15 is 0 Å². The van der Waals surface area contributed by atoms with Crippen molar-refractivity contribution < 1.29 is 18.1 Å². The molecule has 0 aliphatic heterocycles. The summed E-state index contributed by atoms with van der Waals surface area (Å²) in [5.41, 5.74) is 0.862. The standard InChI is InChI=1S/C21H24N4O5S/c1-21(2,14-31(22,28)29)13-24-20-17-9-8-16(30-12-15-6-4-3-5-7-15)10-18(17)23-11-19(20)25(26)27/h3-11H,12-14H2,1-2H3,(H,23,24)(H2,22,28,29). The van der Waals surface area contributed by atoms with Gasteiger partial charge in [0.1, 0.15) is 24.2 Å². The molecule has 0 saturated heterocycles.